The summed E-state index contributed by atoms with van der Waals surface area (Å²) >= 11 is 0. The Hall–Kier alpha value is -2.48. The summed E-state index contributed by atoms with van der Waals surface area (Å²) in [5.41, 5.74) is 4.30. The Labute approximate surface area is 142 Å². The van der Waals surface area contributed by atoms with Crippen molar-refractivity contribution in [2.75, 3.05) is 0 Å². The molecule has 4 rings (SSSR count). The van der Waals surface area contributed by atoms with Gasteiger partial charge in [-0.25, -0.2) is 9.97 Å². The van der Waals surface area contributed by atoms with Gasteiger partial charge < -0.3 is 0 Å². The van der Waals surface area contributed by atoms with Crippen LogP contribution in [-0.4, -0.2) is 9.97 Å². The van der Waals surface area contributed by atoms with Crippen LogP contribution in [0.25, 0.3) is 32.6 Å². The lowest BCUT2D eigenvalue weighted by molar-refractivity contribution is 0.738. The van der Waals surface area contributed by atoms with Crippen molar-refractivity contribution in [1.82, 2.24) is 9.97 Å². The van der Waals surface area contributed by atoms with E-state index < -0.39 is 0 Å². The fourth-order valence-electron chi connectivity index (χ4n) is 3.54. The summed E-state index contributed by atoms with van der Waals surface area (Å²) in [6.07, 6.45) is 0. The Morgan fingerprint density at radius 3 is 1.21 bits per heavy atom. The Kier molecular flexibility index (Phi) is 3.49. The van der Waals surface area contributed by atoms with Gasteiger partial charge in [-0.05, 0) is 22.6 Å². The molecule has 2 nitrogen and oxygen atoms in total. The van der Waals surface area contributed by atoms with Crippen molar-refractivity contribution in [3.8, 4) is 0 Å². The highest BCUT2D eigenvalue weighted by molar-refractivity contribution is 6.22. The second-order valence-corrected chi connectivity index (χ2v) is 7.09. The molecule has 0 saturated carbocycles. The van der Waals surface area contributed by atoms with Crippen LogP contribution in [0.3, 0.4) is 0 Å². The van der Waals surface area contributed by atoms with Crippen LogP contribution in [0.15, 0.2) is 48.5 Å². The fourth-order valence-corrected chi connectivity index (χ4v) is 3.54. The molecule has 1 aromatic heterocycles. The third kappa shape index (κ3) is 2.17. The first kappa shape index (κ1) is 15.1. The third-order valence-corrected chi connectivity index (χ3v) is 4.70. The number of rotatable bonds is 2. The third-order valence-electron chi connectivity index (χ3n) is 4.70. The molecule has 2 heteroatoms. The van der Waals surface area contributed by atoms with Gasteiger partial charge in [0.2, 0.25) is 0 Å². The van der Waals surface area contributed by atoms with Crippen LogP contribution in [0.2, 0.25) is 0 Å². The van der Waals surface area contributed by atoms with Gasteiger partial charge in [0.05, 0.1) is 22.4 Å². The largest absolute Gasteiger partial charge is 0.248 e. The van der Waals surface area contributed by atoms with Crippen molar-refractivity contribution in [3.63, 3.8) is 0 Å². The molecule has 1 heterocycles. The van der Waals surface area contributed by atoms with Crippen LogP contribution in [-0.2, 0) is 0 Å². The maximum absolute atomic E-state index is 5.11. The van der Waals surface area contributed by atoms with Crippen molar-refractivity contribution in [1.29, 1.82) is 0 Å². The highest BCUT2D eigenvalue weighted by atomic mass is 14.8. The molecule has 0 atom stereocenters. The molecule has 0 amide bonds. The molecule has 0 spiro atoms. The zero-order valence-corrected chi connectivity index (χ0v) is 14.7. The average Bonchev–Trinajstić information content (AvgIpc) is 2.60. The summed E-state index contributed by atoms with van der Waals surface area (Å²) in [5, 5.41) is 4.88. The van der Waals surface area contributed by atoms with Crippen molar-refractivity contribution in [3.05, 3.63) is 59.9 Å². The van der Waals surface area contributed by atoms with Crippen LogP contribution in [0.5, 0.6) is 0 Å². The number of benzene rings is 3. The minimum Gasteiger partial charge on any atom is -0.248 e. The van der Waals surface area contributed by atoms with E-state index in [1.165, 1.54) is 21.5 Å². The van der Waals surface area contributed by atoms with E-state index in [-0.39, 0.29) is 0 Å². The lowest BCUT2D eigenvalue weighted by atomic mass is 9.96. The molecule has 0 aliphatic rings. The van der Waals surface area contributed by atoms with E-state index >= 15 is 0 Å². The van der Waals surface area contributed by atoms with E-state index in [2.05, 4.69) is 76.2 Å². The molecule has 120 valence electrons. The van der Waals surface area contributed by atoms with E-state index in [1.807, 2.05) is 0 Å². The smallest absolute Gasteiger partial charge is 0.0975 e. The second kappa shape index (κ2) is 5.55. The van der Waals surface area contributed by atoms with Crippen LogP contribution in [0, 0.1) is 0 Å². The zero-order valence-electron chi connectivity index (χ0n) is 14.7. The van der Waals surface area contributed by atoms with Crippen molar-refractivity contribution >= 4 is 32.6 Å². The predicted octanol–water partition coefficient (Wildman–Crippen LogP) is 6.18. The summed E-state index contributed by atoms with van der Waals surface area (Å²) in [6, 6.07) is 17.1. The summed E-state index contributed by atoms with van der Waals surface area (Å²) in [6.45, 7) is 8.80. The molecule has 0 unspecified atom stereocenters. The van der Waals surface area contributed by atoms with Gasteiger partial charge in [0.1, 0.15) is 0 Å². The van der Waals surface area contributed by atoms with E-state index in [4.69, 9.17) is 9.97 Å². The van der Waals surface area contributed by atoms with Gasteiger partial charge in [0, 0.05) is 10.8 Å². The van der Waals surface area contributed by atoms with Crippen LogP contribution >= 0.6 is 0 Å². The Morgan fingerprint density at radius 1 is 0.542 bits per heavy atom. The molecule has 0 N–H and O–H groups in total. The minimum absolute atomic E-state index is 0.365. The summed E-state index contributed by atoms with van der Waals surface area (Å²) in [5.74, 6) is 0.731. The maximum atomic E-state index is 5.11. The summed E-state index contributed by atoms with van der Waals surface area (Å²) < 4.78 is 0. The van der Waals surface area contributed by atoms with Crippen LogP contribution in [0.1, 0.15) is 50.9 Å². The first-order chi connectivity index (χ1) is 11.6. The molecule has 0 radical (unpaired) electrons. The SMILES string of the molecule is CC(C)c1nc2c3ccccc3c3ccccc3c2nc1C(C)C. The van der Waals surface area contributed by atoms with Gasteiger partial charge in [-0.1, -0.05) is 76.2 Å². The molecule has 3 aromatic carbocycles. The fraction of sp³-hybridized carbons (Fsp3) is 0.273. The van der Waals surface area contributed by atoms with Gasteiger partial charge >= 0.3 is 0 Å². The summed E-state index contributed by atoms with van der Waals surface area (Å²) in [7, 11) is 0. The van der Waals surface area contributed by atoms with Gasteiger partial charge in [-0.2, -0.15) is 0 Å². The molecule has 4 aromatic rings. The zero-order chi connectivity index (χ0) is 16.8. The molecule has 0 bridgehead atoms. The number of hydrogen-bond donors (Lipinski definition) is 0. The van der Waals surface area contributed by atoms with Crippen molar-refractivity contribution in [2.45, 2.75) is 39.5 Å². The molecule has 0 saturated heterocycles. The second-order valence-electron chi connectivity index (χ2n) is 7.09. The Balaban J connectivity index is 2.29. The van der Waals surface area contributed by atoms with Gasteiger partial charge in [0.25, 0.3) is 0 Å². The number of hydrogen-bond acceptors (Lipinski definition) is 2. The van der Waals surface area contributed by atoms with Crippen LogP contribution < -0.4 is 0 Å². The number of aromatic nitrogens is 2. The Bertz CT molecular complexity index is 975. The molecular formula is C22H22N2. The van der Waals surface area contributed by atoms with E-state index in [1.54, 1.807) is 0 Å². The summed E-state index contributed by atoms with van der Waals surface area (Å²) in [4.78, 5) is 10.2. The quantitative estimate of drug-likeness (QED) is 0.413. The first-order valence-electron chi connectivity index (χ1n) is 8.69. The maximum Gasteiger partial charge on any atom is 0.0975 e. The molecule has 0 aliphatic carbocycles. The molecular weight excluding hydrogens is 292 g/mol. The number of nitrogens with zero attached hydrogens (tertiary/aromatic N) is 2. The van der Waals surface area contributed by atoms with E-state index in [0.29, 0.717) is 11.8 Å². The predicted molar refractivity (Wildman–Crippen MR) is 103 cm³/mol. The average molecular weight is 314 g/mol. The monoisotopic (exact) mass is 314 g/mol. The lowest BCUT2D eigenvalue weighted by Crippen LogP contribution is -2.06. The normalized spacial score (nSPS) is 12.1. The lowest BCUT2D eigenvalue weighted by Gasteiger charge is -2.17. The van der Waals surface area contributed by atoms with Crippen LogP contribution in [0.4, 0.5) is 0 Å². The highest BCUT2D eigenvalue weighted by Gasteiger charge is 2.18. The molecule has 0 aliphatic heterocycles. The highest BCUT2D eigenvalue weighted by Crippen LogP contribution is 2.35. The number of fused-ring (bicyclic) bond motifs is 6. The minimum atomic E-state index is 0.365. The van der Waals surface area contributed by atoms with E-state index in [0.717, 1.165) is 22.4 Å². The standard InChI is InChI=1S/C22H22N2/c1-13(2)19-20(14(3)4)24-22-18-12-8-6-10-16(18)15-9-5-7-11-17(15)21(22)23-19/h5-14H,1-4H3. The Morgan fingerprint density at radius 2 is 0.875 bits per heavy atom. The first-order valence-corrected chi connectivity index (χ1v) is 8.69. The topological polar surface area (TPSA) is 25.8 Å². The van der Waals surface area contributed by atoms with Crippen molar-refractivity contribution < 1.29 is 0 Å². The molecule has 24 heavy (non-hydrogen) atoms. The van der Waals surface area contributed by atoms with Gasteiger partial charge in [0.15, 0.2) is 0 Å². The van der Waals surface area contributed by atoms with Gasteiger partial charge in [-0.3, -0.25) is 0 Å². The molecule has 0 fully saturated rings. The van der Waals surface area contributed by atoms with Crippen molar-refractivity contribution in [2.24, 2.45) is 0 Å². The van der Waals surface area contributed by atoms with Gasteiger partial charge in [-0.15, -0.1) is 0 Å². The van der Waals surface area contributed by atoms with E-state index in [9.17, 15) is 0 Å².